The van der Waals surface area contributed by atoms with Crippen molar-refractivity contribution < 1.29 is 22.7 Å². The van der Waals surface area contributed by atoms with Gasteiger partial charge in [0.25, 0.3) is 0 Å². The standard InChI is InChI=1S/C13H17F3N2O2/c1-2-20-12(19)9-5-3-6-10(11(9)17)18-8-4-7-13(14,15)16/h3,5-6,18H,2,4,7-8,17H2,1H3. The van der Waals surface area contributed by atoms with E-state index in [0.29, 0.717) is 5.69 Å². The first-order valence-corrected chi connectivity index (χ1v) is 6.21. The van der Waals surface area contributed by atoms with Crippen molar-refractivity contribution in [2.45, 2.75) is 25.9 Å². The van der Waals surface area contributed by atoms with E-state index in [4.69, 9.17) is 10.5 Å². The van der Waals surface area contributed by atoms with Crippen molar-refractivity contribution in [1.29, 1.82) is 0 Å². The Balaban J connectivity index is 2.63. The minimum absolute atomic E-state index is 0.0629. The van der Waals surface area contributed by atoms with Gasteiger partial charge < -0.3 is 15.8 Å². The van der Waals surface area contributed by atoms with Crippen molar-refractivity contribution in [3.63, 3.8) is 0 Å². The van der Waals surface area contributed by atoms with Crippen LogP contribution in [0.5, 0.6) is 0 Å². The van der Waals surface area contributed by atoms with Gasteiger partial charge in [-0.05, 0) is 25.5 Å². The van der Waals surface area contributed by atoms with E-state index in [-0.39, 0.29) is 30.8 Å². The SMILES string of the molecule is CCOC(=O)c1cccc(NCCCC(F)(F)F)c1N. The molecule has 0 aromatic heterocycles. The number of anilines is 2. The summed E-state index contributed by atoms with van der Waals surface area (Å²) in [6.07, 6.45) is -5.09. The maximum absolute atomic E-state index is 12.0. The zero-order valence-corrected chi connectivity index (χ0v) is 11.1. The number of benzene rings is 1. The van der Waals surface area contributed by atoms with Crippen LogP contribution in [0, 0.1) is 0 Å². The molecular formula is C13H17F3N2O2. The van der Waals surface area contributed by atoms with E-state index in [0.717, 1.165) is 0 Å². The van der Waals surface area contributed by atoms with Crippen molar-refractivity contribution in [2.24, 2.45) is 0 Å². The maximum atomic E-state index is 12.0. The Morgan fingerprint density at radius 3 is 2.70 bits per heavy atom. The number of nitrogen functional groups attached to an aromatic ring is 1. The van der Waals surface area contributed by atoms with Gasteiger partial charge in [-0.2, -0.15) is 13.2 Å². The molecule has 0 saturated heterocycles. The van der Waals surface area contributed by atoms with E-state index in [1.165, 1.54) is 6.07 Å². The van der Waals surface area contributed by atoms with Crippen molar-refractivity contribution in [1.82, 2.24) is 0 Å². The third-order valence-corrected chi connectivity index (χ3v) is 2.55. The van der Waals surface area contributed by atoms with E-state index in [2.05, 4.69) is 5.32 Å². The fraction of sp³-hybridized carbons (Fsp3) is 0.462. The number of para-hydroxylation sites is 1. The molecule has 0 atom stereocenters. The molecule has 0 heterocycles. The number of alkyl halides is 3. The molecule has 0 spiro atoms. The van der Waals surface area contributed by atoms with Crippen LogP contribution >= 0.6 is 0 Å². The van der Waals surface area contributed by atoms with E-state index in [9.17, 15) is 18.0 Å². The fourth-order valence-electron chi connectivity index (χ4n) is 1.62. The summed E-state index contributed by atoms with van der Waals surface area (Å²) in [5.41, 5.74) is 6.61. The number of ether oxygens (including phenoxy) is 1. The predicted molar refractivity (Wildman–Crippen MR) is 70.6 cm³/mol. The van der Waals surface area contributed by atoms with E-state index < -0.39 is 18.6 Å². The molecule has 7 heteroatoms. The van der Waals surface area contributed by atoms with Crippen LogP contribution < -0.4 is 11.1 Å². The maximum Gasteiger partial charge on any atom is 0.389 e. The summed E-state index contributed by atoms with van der Waals surface area (Å²) in [6, 6.07) is 4.70. The van der Waals surface area contributed by atoms with Crippen LogP contribution in [0.25, 0.3) is 0 Å². The molecule has 0 aliphatic rings. The minimum Gasteiger partial charge on any atom is -0.462 e. The first kappa shape index (κ1) is 16.1. The number of nitrogens with one attached hydrogen (secondary N) is 1. The summed E-state index contributed by atoms with van der Waals surface area (Å²) in [6.45, 7) is 2.02. The zero-order valence-electron chi connectivity index (χ0n) is 11.1. The van der Waals surface area contributed by atoms with E-state index in [1.54, 1.807) is 19.1 Å². The van der Waals surface area contributed by atoms with Crippen molar-refractivity contribution in [3.05, 3.63) is 23.8 Å². The highest BCUT2D eigenvalue weighted by atomic mass is 19.4. The van der Waals surface area contributed by atoms with Crippen LogP contribution in [0.4, 0.5) is 24.5 Å². The summed E-state index contributed by atoms with van der Waals surface area (Å²) >= 11 is 0. The highest BCUT2D eigenvalue weighted by Crippen LogP contribution is 2.25. The molecule has 0 aliphatic heterocycles. The lowest BCUT2D eigenvalue weighted by Gasteiger charge is -2.13. The van der Waals surface area contributed by atoms with Gasteiger partial charge in [0.2, 0.25) is 0 Å². The van der Waals surface area contributed by atoms with Crippen LogP contribution in [0.2, 0.25) is 0 Å². The average molecular weight is 290 g/mol. The molecule has 0 fully saturated rings. The number of esters is 1. The molecule has 112 valence electrons. The van der Waals surface area contributed by atoms with Crippen LogP contribution in [-0.4, -0.2) is 25.3 Å². The van der Waals surface area contributed by atoms with Crippen molar-refractivity contribution >= 4 is 17.3 Å². The second-order valence-electron chi connectivity index (χ2n) is 4.13. The molecule has 1 rings (SSSR count). The number of hydrogen-bond acceptors (Lipinski definition) is 4. The third kappa shape index (κ3) is 4.99. The molecule has 4 nitrogen and oxygen atoms in total. The third-order valence-electron chi connectivity index (χ3n) is 2.55. The smallest absolute Gasteiger partial charge is 0.389 e. The lowest BCUT2D eigenvalue weighted by Crippen LogP contribution is -2.13. The van der Waals surface area contributed by atoms with Gasteiger partial charge in [-0.15, -0.1) is 0 Å². The van der Waals surface area contributed by atoms with Crippen LogP contribution in [0.15, 0.2) is 18.2 Å². The van der Waals surface area contributed by atoms with Gasteiger partial charge in [-0.3, -0.25) is 0 Å². The van der Waals surface area contributed by atoms with Gasteiger partial charge in [0.15, 0.2) is 0 Å². The molecule has 20 heavy (non-hydrogen) atoms. The fourth-order valence-corrected chi connectivity index (χ4v) is 1.62. The quantitative estimate of drug-likeness (QED) is 0.480. The molecule has 3 N–H and O–H groups in total. The van der Waals surface area contributed by atoms with Gasteiger partial charge in [0.1, 0.15) is 0 Å². The summed E-state index contributed by atoms with van der Waals surface area (Å²) in [5, 5.41) is 2.79. The van der Waals surface area contributed by atoms with Crippen LogP contribution in [0.1, 0.15) is 30.1 Å². The molecule has 0 aliphatic carbocycles. The summed E-state index contributed by atoms with van der Waals surface area (Å²) in [7, 11) is 0. The summed E-state index contributed by atoms with van der Waals surface area (Å²) in [5.74, 6) is -0.552. The summed E-state index contributed by atoms with van der Waals surface area (Å²) < 4.78 is 40.8. The Morgan fingerprint density at radius 1 is 1.40 bits per heavy atom. The molecule has 0 unspecified atom stereocenters. The molecule has 0 radical (unpaired) electrons. The van der Waals surface area contributed by atoms with Gasteiger partial charge in [0.05, 0.1) is 23.5 Å². The number of carbonyl (C=O) groups excluding carboxylic acids is 1. The number of hydrogen-bond donors (Lipinski definition) is 2. The largest absolute Gasteiger partial charge is 0.462 e. The first-order valence-electron chi connectivity index (χ1n) is 6.21. The number of nitrogens with two attached hydrogens (primary N) is 1. The van der Waals surface area contributed by atoms with E-state index >= 15 is 0 Å². The Kier molecular flexibility index (Phi) is 5.66. The van der Waals surface area contributed by atoms with E-state index in [1.807, 2.05) is 0 Å². The molecule has 0 bridgehead atoms. The van der Waals surface area contributed by atoms with Gasteiger partial charge in [-0.1, -0.05) is 6.07 Å². The summed E-state index contributed by atoms with van der Waals surface area (Å²) in [4.78, 5) is 11.6. The Bertz CT molecular complexity index is 461. The topological polar surface area (TPSA) is 64.3 Å². The van der Waals surface area contributed by atoms with Crippen LogP contribution in [0.3, 0.4) is 0 Å². The minimum atomic E-state index is -4.17. The van der Waals surface area contributed by atoms with Crippen molar-refractivity contribution in [2.75, 3.05) is 24.2 Å². The normalized spacial score (nSPS) is 11.2. The Hall–Kier alpha value is -1.92. The molecular weight excluding hydrogens is 273 g/mol. The number of carbonyl (C=O) groups is 1. The Labute approximate surface area is 115 Å². The average Bonchev–Trinajstić information content (AvgIpc) is 2.35. The highest BCUT2D eigenvalue weighted by Gasteiger charge is 2.25. The van der Waals surface area contributed by atoms with Gasteiger partial charge in [-0.25, -0.2) is 4.79 Å². The monoisotopic (exact) mass is 290 g/mol. The highest BCUT2D eigenvalue weighted by molar-refractivity contribution is 5.98. The predicted octanol–water partition coefficient (Wildman–Crippen LogP) is 3.20. The Morgan fingerprint density at radius 2 is 2.10 bits per heavy atom. The lowest BCUT2D eigenvalue weighted by atomic mass is 10.1. The second kappa shape index (κ2) is 7.02. The zero-order chi connectivity index (χ0) is 15.2. The van der Waals surface area contributed by atoms with Gasteiger partial charge in [0, 0.05) is 13.0 Å². The lowest BCUT2D eigenvalue weighted by molar-refractivity contribution is -0.134. The molecule has 1 aromatic carbocycles. The molecule has 0 saturated carbocycles. The number of rotatable bonds is 6. The van der Waals surface area contributed by atoms with Crippen molar-refractivity contribution in [3.8, 4) is 0 Å². The van der Waals surface area contributed by atoms with Gasteiger partial charge >= 0.3 is 12.1 Å². The number of halogens is 3. The second-order valence-corrected chi connectivity index (χ2v) is 4.13. The molecule has 1 aromatic rings. The molecule has 0 amide bonds. The first-order chi connectivity index (χ1) is 9.35. The van der Waals surface area contributed by atoms with Crippen LogP contribution in [-0.2, 0) is 4.74 Å².